The van der Waals surface area contributed by atoms with Gasteiger partial charge in [-0.3, -0.25) is 4.98 Å². The molecule has 0 aliphatic carbocycles. The van der Waals surface area contributed by atoms with Gasteiger partial charge in [0.05, 0.1) is 5.52 Å². The first kappa shape index (κ1) is 13.3. The van der Waals surface area contributed by atoms with Gasteiger partial charge in [-0.25, -0.2) is 4.79 Å². The number of hydrogen-bond donors (Lipinski definition) is 3. The van der Waals surface area contributed by atoms with E-state index in [4.69, 9.17) is 16.2 Å². The van der Waals surface area contributed by atoms with E-state index in [0.29, 0.717) is 16.1 Å². The van der Waals surface area contributed by atoms with Gasteiger partial charge < -0.3 is 21.2 Å². The molecule has 0 atom stereocenters. The Balaban J connectivity index is 2.11. The topological polar surface area (TPSA) is 107 Å². The van der Waals surface area contributed by atoms with Gasteiger partial charge in [0.25, 0.3) is 0 Å². The van der Waals surface area contributed by atoms with Gasteiger partial charge >= 0.3 is 6.09 Å². The van der Waals surface area contributed by atoms with E-state index >= 15 is 0 Å². The van der Waals surface area contributed by atoms with Gasteiger partial charge in [0, 0.05) is 16.8 Å². The average Bonchev–Trinajstić information content (AvgIpc) is 2.78. The van der Waals surface area contributed by atoms with E-state index in [9.17, 15) is 4.79 Å². The summed E-state index contributed by atoms with van der Waals surface area (Å²) in [6.45, 7) is 0. The molecule has 0 aliphatic heterocycles. The van der Waals surface area contributed by atoms with Crippen LogP contribution < -0.4 is 16.2 Å². The number of H-pyrrole nitrogens is 1. The molecule has 106 valence electrons. The van der Waals surface area contributed by atoms with Gasteiger partial charge in [0.2, 0.25) is 5.88 Å². The highest BCUT2D eigenvalue weighted by Crippen LogP contribution is 2.41. The summed E-state index contributed by atoms with van der Waals surface area (Å²) in [7, 11) is 0. The van der Waals surface area contributed by atoms with Crippen LogP contribution in [0.2, 0.25) is 0 Å². The van der Waals surface area contributed by atoms with E-state index in [0.717, 1.165) is 10.4 Å². The van der Waals surface area contributed by atoms with E-state index < -0.39 is 6.09 Å². The van der Waals surface area contributed by atoms with Crippen molar-refractivity contribution in [3.63, 3.8) is 0 Å². The number of amides is 1. The molecule has 0 spiro atoms. The monoisotopic (exact) mass is 300 g/mol. The van der Waals surface area contributed by atoms with Gasteiger partial charge in [0.15, 0.2) is 0 Å². The highest BCUT2D eigenvalue weighted by Gasteiger charge is 2.17. The number of para-hydroxylation sites is 1. The van der Waals surface area contributed by atoms with Crippen LogP contribution in [0.4, 0.5) is 10.5 Å². The number of carbonyl (C=O) groups excluding carboxylic acids is 1. The maximum atomic E-state index is 11.0. The van der Waals surface area contributed by atoms with Crippen molar-refractivity contribution in [3.8, 4) is 5.88 Å². The number of nitrogens with zero attached hydrogens (tertiary/aromatic N) is 1. The van der Waals surface area contributed by atoms with Crippen molar-refractivity contribution in [2.75, 3.05) is 5.73 Å². The average molecular weight is 300 g/mol. The number of nitrogen functional groups attached to an aromatic ring is 1. The highest BCUT2D eigenvalue weighted by atomic mass is 32.2. The van der Waals surface area contributed by atoms with E-state index in [1.807, 2.05) is 24.3 Å². The number of pyridine rings is 1. The molecule has 7 heteroatoms. The Hall–Kier alpha value is -2.67. The van der Waals surface area contributed by atoms with E-state index in [2.05, 4.69) is 9.97 Å². The Bertz CT molecular complexity index is 816. The van der Waals surface area contributed by atoms with Crippen molar-refractivity contribution in [3.05, 3.63) is 42.6 Å². The molecular formula is C14H12N4O2S. The van der Waals surface area contributed by atoms with E-state index in [-0.39, 0.29) is 5.88 Å². The fourth-order valence-electron chi connectivity index (χ4n) is 1.92. The minimum absolute atomic E-state index is 0.268. The first-order valence-corrected chi connectivity index (χ1v) is 6.93. The lowest BCUT2D eigenvalue weighted by molar-refractivity contribution is 0.208. The Kier molecular flexibility index (Phi) is 3.41. The minimum atomic E-state index is -0.885. The largest absolute Gasteiger partial charge is 0.411 e. The first-order valence-electron chi connectivity index (χ1n) is 6.11. The van der Waals surface area contributed by atoms with E-state index in [1.54, 1.807) is 18.3 Å². The maximum Gasteiger partial charge on any atom is 0.411 e. The summed E-state index contributed by atoms with van der Waals surface area (Å²) in [6.07, 6.45) is 0.784. The summed E-state index contributed by atoms with van der Waals surface area (Å²) in [5.74, 6) is 0.268. The zero-order valence-corrected chi connectivity index (χ0v) is 11.7. The zero-order valence-electron chi connectivity index (χ0n) is 10.9. The summed E-state index contributed by atoms with van der Waals surface area (Å²) < 4.78 is 5.02. The van der Waals surface area contributed by atoms with Crippen LogP contribution in [-0.4, -0.2) is 16.1 Å². The SMILES string of the molecule is NC(=O)Oc1[nH]c2cccnc2c1Sc1ccccc1N. The Morgan fingerprint density at radius 2 is 2.05 bits per heavy atom. The quantitative estimate of drug-likeness (QED) is 0.645. The van der Waals surface area contributed by atoms with Crippen LogP contribution in [0.1, 0.15) is 0 Å². The van der Waals surface area contributed by atoms with Crippen molar-refractivity contribution in [2.24, 2.45) is 5.73 Å². The van der Waals surface area contributed by atoms with Gasteiger partial charge in [-0.2, -0.15) is 0 Å². The van der Waals surface area contributed by atoms with Crippen LogP contribution >= 0.6 is 11.8 Å². The molecule has 1 amide bonds. The second-order valence-electron chi connectivity index (χ2n) is 4.24. The number of rotatable bonds is 3. The molecule has 2 aromatic heterocycles. The summed E-state index contributed by atoms with van der Waals surface area (Å²) in [5.41, 5.74) is 13.1. The Labute approximate surface area is 124 Å². The third kappa shape index (κ3) is 2.63. The molecule has 1 aromatic carbocycles. The molecule has 0 saturated carbocycles. The predicted molar refractivity (Wildman–Crippen MR) is 81.3 cm³/mol. The molecule has 6 nitrogen and oxygen atoms in total. The van der Waals surface area contributed by atoms with Gasteiger partial charge in [-0.15, -0.1) is 0 Å². The van der Waals surface area contributed by atoms with Crippen LogP contribution in [-0.2, 0) is 0 Å². The lowest BCUT2D eigenvalue weighted by Crippen LogP contribution is -2.16. The number of fused-ring (bicyclic) bond motifs is 1. The predicted octanol–water partition coefficient (Wildman–Crippen LogP) is 2.75. The lowest BCUT2D eigenvalue weighted by Gasteiger charge is -2.05. The number of aromatic nitrogens is 2. The molecule has 3 aromatic rings. The normalized spacial score (nSPS) is 10.7. The van der Waals surface area contributed by atoms with Crippen molar-refractivity contribution in [1.82, 2.24) is 9.97 Å². The second-order valence-corrected chi connectivity index (χ2v) is 5.30. The fraction of sp³-hybridized carbons (Fsp3) is 0. The molecule has 2 heterocycles. The summed E-state index contributed by atoms with van der Waals surface area (Å²) in [5, 5.41) is 0. The number of carbonyl (C=O) groups is 1. The second kappa shape index (κ2) is 5.37. The van der Waals surface area contributed by atoms with Crippen molar-refractivity contribution < 1.29 is 9.53 Å². The number of nitrogens with one attached hydrogen (secondary N) is 1. The molecule has 0 saturated heterocycles. The third-order valence-corrected chi connectivity index (χ3v) is 3.99. The number of ether oxygens (including phenoxy) is 1. The Morgan fingerprint density at radius 3 is 2.81 bits per heavy atom. The fourth-order valence-corrected chi connectivity index (χ4v) is 2.92. The summed E-state index contributed by atoms with van der Waals surface area (Å²) in [4.78, 5) is 19.9. The number of benzene rings is 1. The number of primary amides is 1. The molecule has 0 bridgehead atoms. The van der Waals surface area contributed by atoms with Crippen LogP contribution in [0.5, 0.6) is 5.88 Å². The zero-order chi connectivity index (χ0) is 14.8. The lowest BCUT2D eigenvalue weighted by atomic mass is 10.3. The highest BCUT2D eigenvalue weighted by molar-refractivity contribution is 7.99. The first-order chi connectivity index (χ1) is 10.1. The van der Waals surface area contributed by atoms with Crippen molar-refractivity contribution >= 4 is 34.6 Å². The van der Waals surface area contributed by atoms with Crippen molar-refractivity contribution in [2.45, 2.75) is 9.79 Å². The molecule has 0 unspecified atom stereocenters. The molecule has 21 heavy (non-hydrogen) atoms. The molecule has 0 aliphatic rings. The van der Waals surface area contributed by atoms with Gasteiger partial charge in [-0.1, -0.05) is 23.9 Å². The number of anilines is 1. The molecule has 0 radical (unpaired) electrons. The van der Waals surface area contributed by atoms with Crippen LogP contribution in [0.3, 0.4) is 0 Å². The molecular weight excluding hydrogens is 288 g/mol. The maximum absolute atomic E-state index is 11.0. The third-order valence-electron chi connectivity index (χ3n) is 2.81. The number of nitrogens with two attached hydrogens (primary N) is 2. The standard InChI is InChI=1S/C14H12N4O2S/c15-8-4-1-2-6-10(8)21-12-11-9(5-3-7-17-11)18-13(12)20-14(16)19/h1-7,18H,15H2,(H2,16,19). The van der Waals surface area contributed by atoms with Crippen molar-refractivity contribution in [1.29, 1.82) is 0 Å². The van der Waals surface area contributed by atoms with Crippen LogP contribution in [0, 0.1) is 0 Å². The summed E-state index contributed by atoms with van der Waals surface area (Å²) in [6, 6.07) is 11.1. The number of aromatic amines is 1. The molecule has 0 fully saturated rings. The van der Waals surface area contributed by atoms with Gasteiger partial charge in [0.1, 0.15) is 10.4 Å². The Morgan fingerprint density at radius 1 is 1.24 bits per heavy atom. The smallest absolute Gasteiger partial charge is 0.398 e. The van der Waals surface area contributed by atoms with E-state index in [1.165, 1.54) is 11.8 Å². The molecule has 5 N–H and O–H groups in total. The number of hydrogen-bond acceptors (Lipinski definition) is 5. The van der Waals surface area contributed by atoms with Crippen LogP contribution in [0.25, 0.3) is 11.0 Å². The van der Waals surface area contributed by atoms with Crippen LogP contribution in [0.15, 0.2) is 52.4 Å². The minimum Gasteiger partial charge on any atom is -0.398 e. The molecule has 3 rings (SSSR count). The summed E-state index contributed by atoms with van der Waals surface area (Å²) >= 11 is 1.37. The van der Waals surface area contributed by atoms with Gasteiger partial charge in [-0.05, 0) is 24.3 Å².